The molecule has 3 fully saturated rings. The van der Waals surface area contributed by atoms with Crippen molar-refractivity contribution in [2.75, 3.05) is 49.5 Å². The molecule has 3 aliphatic rings. The molecule has 15 heteroatoms. The van der Waals surface area contributed by atoms with Crippen LogP contribution < -0.4 is 15.8 Å². The number of hydrogen-bond donors (Lipinski definition) is 1. The van der Waals surface area contributed by atoms with Crippen molar-refractivity contribution in [3.63, 3.8) is 0 Å². The molecule has 1 aliphatic carbocycles. The number of aromatic nitrogens is 3. The first-order valence-electron chi connectivity index (χ1n) is 17.7. The van der Waals surface area contributed by atoms with Crippen LogP contribution in [0.1, 0.15) is 38.5 Å². The van der Waals surface area contributed by atoms with Crippen LogP contribution in [0.25, 0.3) is 16.9 Å². The molecule has 0 bridgehead atoms. The fourth-order valence-electron chi connectivity index (χ4n) is 7.41. The van der Waals surface area contributed by atoms with Crippen LogP contribution in [0.15, 0.2) is 77.9 Å². The van der Waals surface area contributed by atoms with Gasteiger partial charge in [-0.2, -0.15) is 0 Å². The van der Waals surface area contributed by atoms with Crippen LogP contribution >= 0.6 is 0 Å². The molecule has 13 nitrogen and oxygen atoms in total. The number of carbonyl (C=O) groups excluding carboxylic acids is 1. The van der Waals surface area contributed by atoms with E-state index in [-0.39, 0.29) is 41.1 Å². The molecule has 1 amide bonds. The van der Waals surface area contributed by atoms with Gasteiger partial charge in [0, 0.05) is 80.9 Å². The van der Waals surface area contributed by atoms with Crippen molar-refractivity contribution in [2.45, 2.75) is 56.7 Å². The van der Waals surface area contributed by atoms with Gasteiger partial charge in [-0.15, -0.1) is 0 Å². The molecular formula is C37H40F2N8O5. The van der Waals surface area contributed by atoms with Crippen molar-refractivity contribution in [3.05, 3.63) is 105 Å². The summed E-state index contributed by atoms with van der Waals surface area (Å²) in [5.41, 5.74) is 1.17. The van der Waals surface area contributed by atoms with Gasteiger partial charge in [0.2, 0.25) is 5.95 Å². The van der Waals surface area contributed by atoms with Crippen molar-refractivity contribution in [1.29, 1.82) is 0 Å². The lowest BCUT2D eigenvalue weighted by Gasteiger charge is -2.42. The summed E-state index contributed by atoms with van der Waals surface area (Å²) in [6.07, 6.45) is 7.02. The number of pyridine rings is 1. The number of carbonyl (C=O) groups is 1. The molecule has 2 aliphatic heterocycles. The zero-order chi connectivity index (χ0) is 36.2. The number of likely N-dealkylation sites (tertiary alicyclic amines) is 1. The molecule has 1 saturated carbocycles. The number of ether oxygens (including phenoxy) is 1. The largest absolute Gasteiger partial charge is 0.446 e. The second-order valence-electron chi connectivity index (χ2n) is 13.5. The van der Waals surface area contributed by atoms with Crippen molar-refractivity contribution < 1.29 is 23.2 Å². The van der Waals surface area contributed by atoms with Gasteiger partial charge in [-0.05, 0) is 62.8 Å². The van der Waals surface area contributed by atoms with Crippen molar-refractivity contribution in [1.82, 2.24) is 24.3 Å². The smallest absolute Gasteiger partial charge is 0.410 e. The standard InChI is InChI=1S/C37H40F2N8O5/c38-31-23-29(47(50)51)9-12-33(31)44-20-18-43(19-21-44)27-7-10-30(11-8-27)52-37(49)45-16-13-26(14-17-45)41-36-40-24-32(39)35(42-36)25-4-3-5-28(22-25)46-15-2-1-6-34(46)48/h1-6,9,12,15,22-24,26-27,30H,7-8,10-11,13-14,16-21H2,(H,40,41,42). The summed E-state index contributed by atoms with van der Waals surface area (Å²) < 4.78 is 36.8. The molecule has 52 heavy (non-hydrogen) atoms. The number of benzene rings is 2. The Morgan fingerprint density at radius 2 is 1.65 bits per heavy atom. The number of anilines is 2. The van der Waals surface area contributed by atoms with Gasteiger partial charge in [0.1, 0.15) is 11.8 Å². The number of piperidine rings is 1. The Morgan fingerprint density at radius 3 is 2.37 bits per heavy atom. The van der Waals surface area contributed by atoms with Crippen LogP contribution in [-0.2, 0) is 4.74 Å². The Morgan fingerprint density at radius 1 is 0.885 bits per heavy atom. The van der Waals surface area contributed by atoms with Crippen LogP contribution in [0.4, 0.5) is 30.9 Å². The summed E-state index contributed by atoms with van der Waals surface area (Å²) in [5, 5.41) is 14.2. The van der Waals surface area contributed by atoms with Crippen molar-refractivity contribution in [3.8, 4) is 16.9 Å². The van der Waals surface area contributed by atoms with Crippen molar-refractivity contribution in [2.24, 2.45) is 0 Å². The Labute approximate surface area is 299 Å². The van der Waals surface area contributed by atoms with Gasteiger partial charge < -0.3 is 19.9 Å². The normalized spacial score (nSPS) is 20.0. The highest BCUT2D eigenvalue weighted by Crippen LogP contribution is 2.30. The van der Waals surface area contributed by atoms with E-state index in [0.717, 1.165) is 51.0 Å². The summed E-state index contributed by atoms with van der Waals surface area (Å²) in [6.45, 7) is 3.82. The van der Waals surface area contributed by atoms with Crippen LogP contribution in [0, 0.1) is 21.7 Å². The van der Waals surface area contributed by atoms with Gasteiger partial charge in [0.15, 0.2) is 11.6 Å². The molecule has 2 aromatic carbocycles. The number of rotatable bonds is 8. The number of nitro groups is 1. The van der Waals surface area contributed by atoms with Gasteiger partial charge >= 0.3 is 6.09 Å². The second kappa shape index (κ2) is 15.4. The summed E-state index contributed by atoms with van der Waals surface area (Å²) in [5.74, 6) is -0.866. The summed E-state index contributed by atoms with van der Waals surface area (Å²) in [6, 6.07) is 16.0. The number of piperazine rings is 1. The highest BCUT2D eigenvalue weighted by molar-refractivity contribution is 5.68. The van der Waals surface area contributed by atoms with E-state index in [2.05, 4.69) is 20.2 Å². The van der Waals surface area contributed by atoms with Crippen molar-refractivity contribution >= 4 is 23.4 Å². The van der Waals surface area contributed by atoms with Crippen LogP contribution in [0.3, 0.4) is 0 Å². The maximum atomic E-state index is 14.9. The van der Waals surface area contributed by atoms with Gasteiger partial charge in [-0.3, -0.25) is 24.4 Å². The SMILES string of the molecule is O=C(OC1CCC(N2CCN(c3ccc([N+](=O)[O-])cc3F)CC2)CC1)N1CCC(Nc2ncc(F)c(-c3cccc(-n4ccccc4=O)c3)n2)CC1. The van der Waals surface area contributed by atoms with Crippen LogP contribution in [0.5, 0.6) is 0 Å². The number of nitrogens with zero attached hydrogens (tertiary/aromatic N) is 7. The summed E-state index contributed by atoms with van der Waals surface area (Å²) in [7, 11) is 0. The van der Waals surface area contributed by atoms with Gasteiger partial charge in [-0.1, -0.05) is 18.2 Å². The molecule has 7 rings (SSSR count). The Bertz CT molecular complexity index is 1970. The minimum atomic E-state index is -0.595. The van der Waals surface area contributed by atoms with E-state index in [1.54, 1.807) is 47.5 Å². The van der Waals surface area contributed by atoms with E-state index >= 15 is 0 Å². The minimum absolute atomic E-state index is 0.00982. The molecule has 0 radical (unpaired) electrons. The molecule has 4 aromatic rings. The molecule has 272 valence electrons. The van der Waals surface area contributed by atoms with Gasteiger partial charge in [-0.25, -0.2) is 23.5 Å². The zero-order valence-corrected chi connectivity index (χ0v) is 28.6. The number of hydrogen-bond acceptors (Lipinski definition) is 10. The molecule has 0 spiro atoms. The number of nitro benzene ring substituents is 1. The predicted octanol–water partition coefficient (Wildman–Crippen LogP) is 5.63. The molecular weight excluding hydrogens is 674 g/mol. The third-order valence-electron chi connectivity index (χ3n) is 10.3. The maximum Gasteiger partial charge on any atom is 0.410 e. The Balaban J connectivity index is 0.853. The predicted molar refractivity (Wildman–Crippen MR) is 191 cm³/mol. The van der Waals surface area contributed by atoms with Crippen LogP contribution in [-0.4, -0.2) is 92.8 Å². The fourth-order valence-corrected chi connectivity index (χ4v) is 7.41. The monoisotopic (exact) mass is 714 g/mol. The fraction of sp³-hybridized carbons (Fsp3) is 0.405. The highest BCUT2D eigenvalue weighted by Gasteiger charge is 2.32. The van der Waals surface area contributed by atoms with E-state index in [4.69, 9.17) is 4.74 Å². The number of amides is 1. The summed E-state index contributed by atoms with van der Waals surface area (Å²) in [4.78, 5) is 50.4. The average molecular weight is 715 g/mol. The lowest BCUT2D eigenvalue weighted by atomic mass is 9.91. The van der Waals surface area contributed by atoms with Gasteiger partial charge in [0.25, 0.3) is 11.2 Å². The lowest BCUT2D eigenvalue weighted by molar-refractivity contribution is -0.385. The molecule has 1 N–H and O–H groups in total. The topological polar surface area (TPSA) is 139 Å². The Kier molecular flexibility index (Phi) is 10.4. The van der Waals surface area contributed by atoms with E-state index in [9.17, 15) is 28.5 Å². The molecule has 0 unspecified atom stereocenters. The first-order valence-corrected chi connectivity index (χ1v) is 17.7. The third-order valence-corrected chi connectivity index (χ3v) is 10.3. The molecule has 0 atom stereocenters. The summed E-state index contributed by atoms with van der Waals surface area (Å²) >= 11 is 0. The third kappa shape index (κ3) is 7.88. The maximum absolute atomic E-state index is 14.9. The number of nitrogens with one attached hydrogen (secondary N) is 1. The van der Waals surface area contributed by atoms with E-state index in [1.165, 1.54) is 22.8 Å². The molecule has 2 aromatic heterocycles. The van der Waals surface area contributed by atoms with E-state index in [0.29, 0.717) is 62.0 Å². The average Bonchev–Trinajstić information content (AvgIpc) is 3.16. The highest BCUT2D eigenvalue weighted by atomic mass is 19.1. The van der Waals surface area contributed by atoms with E-state index < -0.39 is 16.6 Å². The van der Waals surface area contributed by atoms with Crippen LogP contribution in [0.2, 0.25) is 0 Å². The second-order valence-corrected chi connectivity index (χ2v) is 13.5. The number of non-ortho nitro benzene ring substituents is 1. The first-order chi connectivity index (χ1) is 25.2. The number of halogens is 2. The molecule has 4 heterocycles. The van der Waals surface area contributed by atoms with Gasteiger partial charge in [0.05, 0.1) is 22.9 Å². The van der Waals surface area contributed by atoms with E-state index in [1.807, 2.05) is 4.90 Å². The zero-order valence-electron chi connectivity index (χ0n) is 28.6. The minimum Gasteiger partial charge on any atom is -0.446 e. The Hall–Kier alpha value is -5.44. The first kappa shape index (κ1) is 35.0. The quantitative estimate of drug-likeness (QED) is 0.181. The lowest BCUT2D eigenvalue weighted by Crippen LogP contribution is -2.52. The molecule has 2 saturated heterocycles.